The molecule has 0 aliphatic carbocycles. The van der Waals surface area contributed by atoms with Gasteiger partial charge in [-0.3, -0.25) is 0 Å². The summed E-state index contributed by atoms with van der Waals surface area (Å²) in [4.78, 5) is 10.7. The smallest absolute Gasteiger partial charge is 0.331 e. The van der Waals surface area contributed by atoms with E-state index in [4.69, 9.17) is 5.11 Å². The fourth-order valence-electron chi connectivity index (χ4n) is 1.53. The molecule has 0 atom stereocenters. The van der Waals surface area contributed by atoms with Crippen molar-refractivity contribution in [1.29, 1.82) is 0 Å². The van der Waals surface area contributed by atoms with Crippen LogP contribution in [0.5, 0.6) is 0 Å². The van der Waals surface area contributed by atoms with Crippen LogP contribution in [0.3, 0.4) is 0 Å². The van der Waals surface area contributed by atoms with Gasteiger partial charge in [-0.1, -0.05) is 25.5 Å². The Bertz CT molecular complexity index is 487. The van der Waals surface area contributed by atoms with Crippen molar-refractivity contribution in [1.82, 2.24) is 0 Å². The van der Waals surface area contributed by atoms with Crippen LogP contribution in [-0.4, -0.2) is 28.6 Å². The molecule has 0 bridgehead atoms. The molecule has 0 saturated heterocycles. The molecule has 0 aliphatic heterocycles. The van der Waals surface area contributed by atoms with Crippen molar-refractivity contribution >= 4 is 18.3 Å². The highest BCUT2D eigenvalue weighted by atomic mass is 16.5. The second kappa shape index (κ2) is 7.36. The second-order valence-corrected chi connectivity index (χ2v) is 4.42. The molecule has 1 rings (SSSR count). The van der Waals surface area contributed by atoms with Crippen molar-refractivity contribution in [3.8, 4) is 0 Å². The Kier molecular flexibility index (Phi) is 5.79. The molecule has 0 heterocycles. The number of carbonyl (C=O) groups is 1. The maximum atomic E-state index is 11.5. The van der Waals surface area contributed by atoms with Gasteiger partial charge < -0.3 is 10.3 Å². The van der Waals surface area contributed by atoms with Gasteiger partial charge in [-0.25, -0.2) is 9.53 Å². The molecule has 0 saturated carbocycles. The average Bonchev–Trinajstić information content (AvgIpc) is 2.38. The predicted molar refractivity (Wildman–Crippen MR) is 76.3 cm³/mol. The van der Waals surface area contributed by atoms with Crippen LogP contribution in [0.4, 0.5) is 0 Å². The molecular weight excluding hydrogens is 242 g/mol. The van der Waals surface area contributed by atoms with Crippen molar-refractivity contribution in [2.45, 2.75) is 26.7 Å². The maximum Gasteiger partial charge on any atom is 0.331 e. The van der Waals surface area contributed by atoms with Crippen LogP contribution in [0.1, 0.15) is 37.8 Å². The first-order valence-electron chi connectivity index (χ1n) is 6.33. The minimum absolute atomic E-state index is 0.283. The first-order valence-corrected chi connectivity index (χ1v) is 6.33. The Balaban J connectivity index is 2.77. The van der Waals surface area contributed by atoms with Crippen LogP contribution in [0, 0.1) is 5.21 Å². The highest BCUT2D eigenvalue weighted by molar-refractivity contribution is 5.91. The van der Waals surface area contributed by atoms with Gasteiger partial charge in [0.25, 0.3) is 0 Å². The molecule has 0 aromatic heterocycles. The zero-order chi connectivity index (χ0) is 14.3. The average molecular weight is 261 g/mol. The van der Waals surface area contributed by atoms with E-state index >= 15 is 0 Å². The summed E-state index contributed by atoms with van der Waals surface area (Å²) in [7, 11) is 0. The summed E-state index contributed by atoms with van der Waals surface area (Å²) < 4.78 is 0.927. The number of hydrogen-bond acceptors (Lipinski definition) is 2. The Hall–Kier alpha value is -2.10. The first-order chi connectivity index (χ1) is 9.02. The van der Waals surface area contributed by atoms with Gasteiger partial charge in [-0.15, -0.1) is 0 Å². The molecule has 1 aromatic rings. The van der Waals surface area contributed by atoms with E-state index in [0.29, 0.717) is 6.54 Å². The molecule has 102 valence electrons. The van der Waals surface area contributed by atoms with Crippen LogP contribution >= 0.6 is 0 Å². The number of rotatable bonds is 6. The molecule has 19 heavy (non-hydrogen) atoms. The number of aliphatic carboxylic acids is 1. The third-order valence-corrected chi connectivity index (χ3v) is 2.68. The van der Waals surface area contributed by atoms with Crippen LogP contribution in [0.2, 0.25) is 0 Å². The van der Waals surface area contributed by atoms with Gasteiger partial charge in [0.1, 0.15) is 0 Å². The summed E-state index contributed by atoms with van der Waals surface area (Å²) in [5, 5.41) is 20.3. The lowest BCUT2D eigenvalue weighted by molar-refractivity contribution is -0.452. The van der Waals surface area contributed by atoms with E-state index in [1.807, 2.05) is 6.92 Å². The van der Waals surface area contributed by atoms with E-state index in [1.54, 1.807) is 43.5 Å². The first kappa shape index (κ1) is 15.0. The molecule has 0 unspecified atom stereocenters. The lowest BCUT2D eigenvalue weighted by atomic mass is 10.1. The van der Waals surface area contributed by atoms with E-state index in [1.165, 1.54) is 0 Å². The summed E-state index contributed by atoms with van der Waals surface area (Å²) in [6.45, 7) is 4.09. The van der Waals surface area contributed by atoms with Gasteiger partial charge >= 0.3 is 5.97 Å². The lowest BCUT2D eigenvalue weighted by Crippen LogP contribution is -2.07. The molecule has 1 N–H and O–H groups in total. The predicted octanol–water partition coefficient (Wildman–Crippen LogP) is 2.90. The van der Waals surface area contributed by atoms with Crippen LogP contribution in [0.25, 0.3) is 6.08 Å². The summed E-state index contributed by atoms with van der Waals surface area (Å²) in [6.07, 6.45) is 5.01. The Morgan fingerprint density at radius 1 is 1.32 bits per heavy atom. The zero-order valence-electron chi connectivity index (χ0n) is 11.3. The van der Waals surface area contributed by atoms with Gasteiger partial charge in [0.2, 0.25) is 0 Å². The number of carboxylic acid groups (broad SMARTS) is 1. The van der Waals surface area contributed by atoms with Gasteiger partial charge in [-0.2, -0.15) is 0 Å². The van der Waals surface area contributed by atoms with Crippen LogP contribution in [0.15, 0.2) is 29.8 Å². The van der Waals surface area contributed by atoms with E-state index < -0.39 is 5.97 Å². The molecular formula is C15H19NO3. The van der Waals surface area contributed by atoms with E-state index in [-0.39, 0.29) is 5.57 Å². The minimum Gasteiger partial charge on any atom is -0.624 e. The highest BCUT2D eigenvalue weighted by Crippen LogP contribution is 2.08. The number of hydroxylamine groups is 1. The van der Waals surface area contributed by atoms with Crippen molar-refractivity contribution in [2.24, 2.45) is 0 Å². The summed E-state index contributed by atoms with van der Waals surface area (Å²) in [5.41, 5.74) is 1.91. The van der Waals surface area contributed by atoms with Gasteiger partial charge in [0.05, 0.1) is 0 Å². The normalized spacial score (nSPS) is 12.5. The fraction of sp³-hybridized carbons (Fsp3) is 0.333. The number of benzene rings is 1. The molecule has 0 radical (unpaired) electrons. The Morgan fingerprint density at radius 3 is 2.42 bits per heavy atom. The number of carboxylic acids is 1. The second-order valence-electron chi connectivity index (χ2n) is 4.42. The van der Waals surface area contributed by atoms with Crippen molar-refractivity contribution < 1.29 is 14.6 Å². The van der Waals surface area contributed by atoms with Gasteiger partial charge in [-0.05, 0) is 30.7 Å². The maximum absolute atomic E-state index is 11.5. The van der Waals surface area contributed by atoms with Crippen molar-refractivity contribution in [3.05, 3.63) is 46.2 Å². The molecule has 0 spiro atoms. The molecule has 0 fully saturated rings. The van der Waals surface area contributed by atoms with Crippen molar-refractivity contribution in [2.75, 3.05) is 6.54 Å². The van der Waals surface area contributed by atoms with Crippen LogP contribution < -0.4 is 0 Å². The van der Waals surface area contributed by atoms with Crippen molar-refractivity contribution in [3.63, 3.8) is 0 Å². The third-order valence-electron chi connectivity index (χ3n) is 2.68. The highest BCUT2D eigenvalue weighted by Gasteiger charge is 2.00. The standard InChI is InChI=1S/C15H19NO3/c1-3-4-9-16(19)11-14-7-5-13(6-8-14)10-12(2)15(17)18/h5-8,10-11H,3-4,9H2,1-2H3,(H,17,18). The molecule has 0 aliphatic rings. The third kappa shape index (κ3) is 5.38. The summed E-state index contributed by atoms with van der Waals surface area (Å²) >= 11 is 0. The molecule has 0 amide bonds. The number of unbranched alkanes of at least 4 members (excludes halogenated alkanes) is 1. The monoisotopic (exact) mass is 261 g/mol. The SMILES string of the molecule is CCCC[N+]([O-])=Cc1ccc(C=C(C)C(=O)O)cc1. The van der Waals surface area contributed by atoms with E-state index in [0.717, 1.165) is 28.7 Å². The number of hydrogen-bond donors (Lipinski definition) is 1. The van der Waals surface area contributed by atoms with E-state index in [9.17, 15) is 10.0 Å². The molecule has 4 nitrogen and oxygen atoms in total. The van der Waals surface area contributed by atoms with Gasteiger partial charge in [0.15, 0.2) is 12.8 Å². The lowest BCUT2D eigenvalue weighted by Gasteiger charge is -2.03. The summed E-state index contributed by atoms with van der Waals surface area (Å²) in [5.74, 6) is -0.930. The fourth-order valence-corrected chi connectivity index (χ4v) is 1.53. The summed E-state index contributed by atoms with van der Waals surface area (Å²) in [6, 6.07) is 7.20. The Morgan fingerprint density at radius 2 is 1.89 bits per heavy atom. The largest absolute Gasteiger partial charge is 0.624 e. The molecule has 4 heteroatoms. The topological polar surface area (TPSA) is 63.4 Å². The van der Waals surface area contributed by atoms with E-state index in [2.05, 4.69) is 0 Å². The number of nitrogens with zero attached hydrogens (tertiary/aromatic N) is 1. The zero-order valence-corrected chi connectivity index (χ0v) is 11.3. The minimum atomic E-state index is -0.930. The van der Waals surface area contributed by atoms with Crippen LogP contribution in [-0.2, 0) is 4.79 Å². The molecule has 1 aromatic carbocycles. The van der Waals surface area contributed by atoms with Gasteiger partial charge in [0, 0.05) is 17.6 Å². The quantitative estimate of drug-likeness (QED) is 0.281. The Labute approximate surface area is 113 Å².